The van der Waals surface area contributed by atoms with Crippen LogP contribution in [0.4, 0.5) is 5.69 Å². The van der Waals surface area contributed by atoms with Gasteiger partial charge >= 0.3 is 0 Å². The molecule has 0 unspecified atom stereocenters. The minimum Gasteiger partial charge on any atom is -0.322 e. The molecule has 1 N–H and O–H groups in total. The lowest BCUT2D eigenvalue weighted by Gasteiger charge is -2.08. The predicted molar refractivity (Wildman–Crippen MR) is 114 cm³/mol. The Morgan fingerprint density at radius 1 is 0.966 bits per heavy atom. The van der Waals surface area contributed by atoms with Crippen LogP contribution < -0.4 is 5.32 Å². The molecule has 0 radical (unpaired) electrons. The van der Waals surface area contributed by atoms with Crippen molar-refractivity contribution in [3.63, 3.8) is 0 Å². The fourth-order valence-electron chi connectivity index (χ4n) is 2.71. The standard InChI is InChI=1S/C22H19N5OS/c1-15-3-7-20(11-16(15)2)29-19-8-5-18(6-9-19)26-22(28)17-4-10-21(24-12-17)27-14-23-13-25-27/h3-14H,1-2H3,(H,26,28). The van der Waals surface area contributed by atoms with Crippen molar-refractivity contribution in [2.75, 3.05) is 5.32 Å². The maximum Gasteiger partial charge on any atom is 0.257 e. The fourth-order valence-corrected chi connectivity index (χ4v) is 3.62. The molecule has 7 heteroatoms. The van der Waals surface area contributed by atoms with Crippen LogP contribution in [0, 0.1) is 13.8 Å². The molecule has 0 saturated heterocycles. The van der Waals surface area contributed by atoms with Gasteiger partial charge in [-0.1, -0.05) is 17.8 Å². The average Bonchev–Trinajstić information content (AvgIpc) is 3.27. The van der Waals surface area contributed by atoms with Gasteiger partial charge in [-0.2, -0.15) is 5.10 Å². The molecule has 0 aliphatic rings. The van der Waals surface area contributed by atoms with Crippen LogP contribution in [0.1, 0.15) is 21.5 Å². The number of amides is 1. The van der Waals surface area contributed by atoms with E-state index in [0.29, 0.717) is 11.4 Å². The number of aryl methyl sites for hydroxylation is 2. The first kappa shape index (κ1) is 18.9. The van der Waals surface area contributed by atoms with Crippen molar-refractivity contribution >= 4 is 23.4 Å². The van der Waals surface area contributed by atoms with E-state index in [-0.39, 0.29) is 5.91 Å². The van der Waals surface area contributed by atoms with Crippen LogP contribution in [0.3, 0.4) is 0 Å². The van der Waals surface area contributed by atoms with Gasteiger partial charge in [0, 0.05) is 21.7 Å². The summed E-state index contributed by atoms with van der Waals surface area (Å²) in [5, 5.41) is 6.91. The zero-order valence-electron chi connectivity index (χ0n) is 16.0. The number of carbonyl (C=O) groups is 1. The number of benzene rings is 2. The Balaban J connectivity index is 1.40. The molecule has 0 fully saturated rings. The van der Waals surface area contributed by atoms with Gasteiger partial charge < -0.3 is 5.32 Å². The van der Waals surface area contributed by atoms with Crippen LogP contribution in [0.5, 0.6) is 0 Å². The highest BCUT2D eigenvalue weighted by atomic mass is 32.2. The summed E-state index contributed by atoms with van der Waals surface area (Å²) < 4.78 is 1.54. The number of nitrogens with zero attached hydrogens (tertiary/aromatic N) is 4. The van der Waals surface area contributed by atoms with E-state index >= 15 is 0 Å². The van der Waals surface area contributed by atoms with Crippen LogP contribution >= 0.6 is 11.8 Å². The second kappa shape index (κ2) is 8.28. The summed E-state index contributed by atoms with van der Waals surface area (Å²) in [6.45, 7) is 4.23. The Hall–Kier alpha value is -3.45. The van der Waals surface area contributed by atoms with E-state index in [9.17, 15) is 4.79 Å². The lowest BCUT2D eigenvalue weighted by molar-refractivity contribution is 0.102. The van der Waals surface area contributed by atoms with Gasteiger partial charge in [-0.15, -0.1) is 0 Å². The molecular formula is C22H19N5OS. The Kier molecular flexibility index (Phi) is 5.39. The maximum atomic E-state index is 12.5. The van der Waals surface area contributed by atoms with Crippen molar-refractivity contribution < 1.29 is 4.79 Å². The molecule has 0 spiro atoms. The number of rotatable bonds is 5. The van der Waals surface area contributed by atoms with E-state index in [2.05, 4.69) is 52.4 Å². The number of anilines is 1. The predicted octanol–water partition coefficient (Wildman–Crippen LogP) is 4.68. The average molecular weight is 401 g/mol. The van der Waals surface area contributed by atoms with Gasteiger partial charge in [0.15, 0.2) is 5.82 Å². The molecule has 0 atom stereocenters. The summed E-state index contributed by atoms with van der Waals surface area (Å²) >= 11 is 1.70. The van der Waals surface area contributed by atoms with Gasteiger partial charge in [0.1, 0.15) is 12.7 Å². The second-order valence-corrected chi connectivity index (χ2v) is 7.72. The molecule has 0 bridgehead atoms. The molecular weight excluding hydrogens is 382 g/mol. The lowest BCUT2D eigenvalue weighted by Crippen LogP contribution is -2.12. The number of hydrogen-bond acceptors (Lipinski definition) is 5. The summed E-state index contributed by atoms with van der Waals surface area (Å²) in [7, 11) is 0. The number of carbonyl (C=O) groups excluding carboxylic acids is 1. The summed E-state index contributed by atoms with van der Waals surface area (Å²) in [5.41, 5.74) is 3.78. The Morgan fingerprint density at radius 3 is 2.41 bits per heavy atom. The highest BCUT2D eigenvalue weighted by Crippen LogP contribution is 2.29. The third-order valence-corrected chi connectivity index (χ3v) is 5.49. The highest BCUT2D eigenvalue weighted by Gasteiger charge is 2.08. The van der Waals surface area contributed by atoms with Gasteiger partial charge in [-0.3, -0.25) is 4.79 Å². The fraction of sp³-hybridized carbons (Fsp3) is 0.0909. The molecule has 0 saturated carbocycles. The normalized spacial score (nSPS) is 10.7. The number of nitrogens with one attached hydrogen (secondary N) is 1. The maximum absolute atomic E-state index is 12.5. The van der Waals surface area contributed by atoms with Crippen molar-refractivity contribution in [2.24, 2.45) is 0 Å². The number of aromatic nitrogens is 4. The summed E-state index contributed by atoms with van der Waals surface area (Å²) in [5.74, 6) is 0.393. The smallest absolute Gasteiger partial charge is 0.257 e. The number of pyridine rings is 1. The first-order valence-electron chi connectivity index (χ1n) is 9.06. The van der Waals surface area contributed by atoms with Gasteiger partial charge in [0.05, 0.1) is 5.56 Å². The van der Waals surface area contributed by atoms with Gasteiger partial charge in [-0.05, 0) is 73.5 Å². The third-order valence-electron chi connectivity index (χ3n) is 4.49. The Bertz CT molecular complexity index is 1120. The monoisotopic (exact) mass is 401 g/mol. The zero-order chi connectivity index (χ0) is 20.2. The van der Waals surface area contributed by atoms with E-state index in [0.717, 1.165) is 10.6 Å². The van der Waals surface area contributed by atoms with Gasteiger partial charge in [-0.25, -0.2) is 14.6 Å². The molecule has 2 aromatic heterocycles. The zero-order valence-corrected chi connectivity index (χ0v) is 16.9. The molecule has 4 aromatic rings. The van der Waals surface area contributed by atoms with Crippen molar-refractivity contribution in [3.05, 3.63) is 90.1 Å². The van der Waals surface area contributed by atoms with Crippen molar-refractivity contribution in [1.82, 2.24) is 19.7 Å². The van der Waals surface area contributed by atoms with E-state index in [4.69, 9.17) is 0 Å². The van der Waals surface area contributed by atoms with Crippen LogP contribution in [0.2, 0.25) is 0 Å². The molecule has 2 aromatic carbocycles. The molecule has 6 nitrogen and oxygen atoms in total. The van der Waals surface area contributed by atoms with Gasteiger partial charge in [0.2, 0.25) is 0 Å². The molecule has 0 aliphatic heterocycles. The minimum absolute atomic E-state index is 0.211. The van der Waals surface area contributed by atoms with E-state index in [1.54, 1.807) is 30.2 Å². The number of hydrogen-bond donors (Lipinski definition) is 1. The second-order valence-electron chi connectivity index (χ2n) is 6.57. The summed E-state index contributed by atoms with van der Waals surface area (Å²) in [6.07, 6.45) is 4.51. The molecule has 4 rings (SSSR count). The van der Waals surface area contributed by atoms with Crippen LogP contribution in [-0.2, 0) is 0 Å². The van der Waals surface area contributed by atoms with Crippen LogP contribution in [0.25, 0.3) is 5.82 Å². The van der Waals surface area contributed by atoms with Crippen LogP contribution in [-0.4, -0.2) is 25.7 Å². The Labute approximate surface area is 173 Å². The first-order chi connectivity index (χ1) is 14.1. The quantitative estimate of drug-likeness (QED) is 0.525. The Morgan fingerprint density at radius 2 is 1.76 bits per heavy atom. The minimum atomic E-state index is -0.211. The lowest BCUT2D eigenvalue weighted by atomic mass is 10.1. The van der Waals surface area contributed by atoms with E-state index in [1.165, 1.54) is 33.2 Å². The van der Waals surface area contributed by atoms with Gasteiger partial charge in [0.25, 0.3) is 5.91 Å². The molecule has 1 amide bonds. The molecule has 29 heavy (non-hydrogen) atoms. The molecule has 144 valence electrons. The van der Waals surface area contributed by atoms with Crippen molar-refractivity contribution in [3.8, 4) is 5.82 Å². The first-order valence-corrected chi connectivity index (χ1v) is 9.88. The van der Waals surface area contributed by atoms with E-state index < -0.39 is 0 Å². The topological polar surface area (TPSA) is 72.7 Å². The largest absolute Gasteiger partial charge is 0.322 e. The molecule has 2 heterocycles. The SMILES string of the molecule is Cc1ccc(Sc2ccc(NC(=O)c3ccc(-n4cncn4)nc3)cc2)cc1C. The molecule has 0 aliphatic carbocycles. The highest BCUT2D eigenvalue weighted by molar-refractivity contribution is 7.99. The van der Waals surface area contributed by atoms with Crippen LogP contribution in [0.15, 0.2) is 83.2 Å². The van der Waals surface area contributed by atoms with Crippen molar-refractivity contribution in [1.29, 1.82) is 0 Å². The van der Waals surface area contributed by atoms with E-state index in [1.807, 2.05) is 24.3 Å². The third kappa shape index (κ3) is 4.52. The summed E-state index contributed by atoms with van der Waals surface area (Å²) in [4.78, 5) is 22.9. The summed E-state index contributed by atoms with van der Waals surface area (Å²) in [6, 6.07) is 17.7. The van der Waals surface area contributed by atoms with Crippen molar-refractivity contribution in [2.45, 2.75) is 23.6 Å².